The van der Waals surface area contributed by atoms with Crippen LogP contribution in [-0.2, 0) is 17.6 Å². The van der Waals surface area contributed by atoms with Crippen LogP contribution >= 0.6 is 0 Å². The molecule has 1 heterocycles. The molecule has 0 bridgehead atoms. The van der Waals surface area contributed by atoms with Crippen LogP contribution in [-0.4, -0.2) is 20.8 Å². The fourth-order valence-corrected chi connectivity index (χ4v) is 2.50. The highest BCUT2D eigenvalue weighted by Crippen LogP contribution is 2.25. The number of non-ortho nitro benzene ring substituents is 1. The standard InChI is InChI=1S/C16H14N4O3/c21-15(9-6-11-4-7-12(8-5-11)20(22)23)19-16-13-2-1-3-14(13)17-10-18-16/h4-10H,1-3H2,(H,17,18,19,21). The lowest BCUT2D eigenvalue weighted by molar-refractivity contribution is -0.384. The predicted molar refractivity (Wildman–Crippen MR) is 84.8 cm³/mol. The summed E-state index contributed by atoms with van der Waals surface area (Å²) >= 11 is 0. The molecule has 1 amide bonds. The van der Waals surface area contributed by atoms with Crippen LogP contribution in [0.4, 0.5) is 11.5 Å². The fraction of sp³-hybridized carbons (Fsp3) is 0.188. The smallest absolute Gasteiger partial charge is 0.269 e. The summed E-state index contributed by atoms with van der Waals surface area (Å²) in [6, 6.07) is 5.97. The minimum atomic E-state index is -0.462. The molecule has 3 rings (SSSR count). The number of hydrogen-bond donors (Lipinski definition) is 1. The number of carbonyl (C=O) groups is 1. The van der Waals surface area contributed by atoms with E-state index < -0.39 is 4.92 Å². The average Bonchev–Trinajstić information content (AvgIpc) is 3.03. The summed E-state index contributed by atoms with van der Waals surface area (Å²) < 4.78 is 0. The van der Waals surface area contributed by atoms with Crippen LogP contribution < -0.4 is 5.32 Å². The molecule has 1 aliphatic carbocycles. The summed E-state index contributed by atoms with van der Waals surface area (Å²) in [7, 11) is 0. The van der Waals surface area contributed by atoms with E-state index in [0.717, 1.165) is 30.5 Å². The maximum Gasteiger partial charge on any atom is 0.269 e. The lowest BCUT2D eigenvalue weighted by Crippen LogP contribution is -2.11. The zero-order valence-electron chi connectivity index (χ0n) is 12.2. The van der Waals surface area contributed by atoms with Crippen LogP contribution in [0.1, 0.15) is 23.2 Å². The minimum Gasteiger partial charge on any atom is -0.307 e. The topological polar surface area (TPSA) is 98.0 Å². The van der Waals surface area contributed by atoms with Crippen LogP contribution in [0.15, 0.2) is 36.7 Å². The number of anilines is 1. The van der Waals surface area contributed by atoms with Gasteiger partial charge in [-0.15, -0.1) is 0 Å². The van der Waals surface area contributed by atoms with Crippen molar-refractivity contribution in [1.82, 2.24) is 9.97 Å². The highest BCUT2D eigenvalue weighted by Gasteiger charge is 2.17. The van der Waals surface area contributed by atoms with Crippen LogP contribution in [0.25, 0.3) is 6.08 Å². The number of carbonyl (C=O) groups excluding carboxylic acids is 1. The van der Waals surface area contributed by atoms with Gasteiger partial charge in [-0.25, -0.2) is 9.97 Å². The van der Waals surface area contributed by atoms with Crippen molar-refractivity contribution in [2.75, 3.05) is 5.32 Å². The van der Waals surface area contributed by atoms with Crippen LogP contribution in [0.3, 0.4) is 0 Å². The Balaban J connectivity index is 1.67. The van der Waals surface area contributed by atoms with E-state index in [9.17, 15) is 14.9 Å². The van der Waals surface area contributed by atoms with Crippen LogP contribution in [0.2, 0.25) is 0 Å². The molecule has 0 saturated carbocycles. The Morgan fingerprint density at radius 2 is 2.00 bits per heavy atom. The molecule has 7 nitrogen and oxygen atoms in total. The van der Waals surface area contributed by atoms with Crippen molar-refractivity contribution in [3.05, 3.63) is 63.6 Å². The first kappa shape index (κ1) is 14.8. The van der Waals surface area contributed by atoms with E-state index in [0.29, 0.717) is 11.4 Å². The summed E-state index contributed by atoms with van der Waals surface area (Å²) in [5.41, 5.74) is 2.72. The maximum atomic E-state index is 12.0. The number of nitro groups is 1. The Bertz CT molecular complexity index is 784. The highest BCUT2D eigenvalue weighted by molar-refractivity contribution is 6.01. The van der Waals surface area contributed by atoms with Crippen molar-refractivity contribution in [2.45, 2.75) is 19.3 Å². The van der Waals surface area contributed by atoms with Crippen molar-refractivity contribution in [1.29, 1.82) is 0 Å². The van der Waals surface area contributed by atoms with Gasteiger partial charge in [0.05, 0.1) is 4.92 Å². The van der Waals surface area contributed by atoms with Gasteiger partial charge in [0.1, 0.15) is 12.1 Å². The molecule has 7 heteroatoms. The quantitative estimate of drug-likeness (QED) is 0.531. The van der Waals surface area contributed by atoms with Crippen molar-refractivity contribution in [2.24, 2.45) is 0 Å². The third-order valence-corrected chi connectivity index (χ3v) is 3.65. The molecule has 0 atom stereocenters. The number of aryl methyl sites for hydroxylation is 1. The SMILES string of the molecule is O=C(C=Cc1ccc([N+](=O)[O-])cc1)Nc1ncnc2c1CCC2. The number of nitrogens with one attached hydrogen (secondary N) is 1. The highest BCUT2D eigenvalue weighted by atomic mass is 16.6. The van der Waals surface area contributed by atoms with Crippen LogP contribution in [0.5, 0.6) is 0 Å². The van der Waals surface area contributed by atoms with E-state index in [1.807, 2.05) is 0 Å². The molecule has 0 fully saturated rings. The fourth-order valence-electron chi connectivity index (χ4n) is 2.50. The molecule has 0 spiro atoms. The molecule has 1 N–H and O–H groups in total. The molecule has 1 aliphatic rings. The first-order valence-corrected chi connectivity index (χ1v) is 7.20. The molecular formula is C16H14N4O3. The number of amides is 1. The molecular weight excluding hydrogens is 296 g/mol. The normalized spacial score (nSPS) is 13.0. The molecule has 116 valence electrons. The Morgan fingerprint density at radius 3 is 2.74 bits per heavy atom. The van der Waals surface area contributed by atoms with Crippen LogP contribution in [0, 0.1) is 10.1 Å². The second kappa shape index (κ2) is 6.35. The van der Waals surface area contributed by atoms with Crippen molar-refractivity contribution in [3.8, 4) is 0 Å². The first-order valence-electron chi connectivity index (χ1n) is 7.20. The summed E-state index contributed by atoms with van der Waals surface area (Å²) in [5, 5.41) is 13.3. The van der Waals surface area contributed by atoms with Gasteiger partial charge in [0.2, 0.25) is 5.91 Å². The van der Waals surface area contributed by atoms with E-state index in [1.54, 1.807) is 18.2 Å². The summed E-state index contributed by atoms with van der Waals surface area (Å²) in [6.45, 7) is 0. The lowest BCUT2D eigenvalue weighted by atomic mass is 10.2. The number of benzene rings is 1. The summed E-state index contributed by atoms with van der Waals surface area (Å²) in [6.07, 6.45) is 7.25. The van der Waals surface area contributed by atoms with Crippen molar-refractivity contribution < 1.29 is 9.72 Å². The molecule has 23 heavy (non-hydrogen) atoms. The zero-order valence-corrected chi connectivity index (χ0v) is 12.2. The minimum absolute atomic E-state index is 0.0168. The molecule has 0 saturated heterocycles. The second-order valence-corrected chi connectivity index (χ2v) is 5.17. The van der Waals surface area contributed by atoms with E-state index in [1.165, 1.54) is 24.5 Å². The molecule has 0 aliphatic heterocycles. The van der Waals surface area contributed by atoms with Gasteiger partial charge in [0.25, 0.3) is 5.69 Å². The molecule has 1 aromatic carbocycles. The third-order valence-electron chi connectivity index (χ3n) is 3.65. The number of nitro benzene ring substituents is 1. The Labute approximate surface area is 132 Å². The largest absolute Gasteiger partial charge is 0.307 e. The maximum absolute atomic E-state index is 12.0. The molecule has 2 aromatic rings. The first-order chi connectivity index (χ1) is 11.1. The predicted octanol–water partition coefficient (Wildman–Crippen LogP) is 2.53. The number of nitrogens with zero attached hydrogens (tertiary/aromatic N) is 3. The van der Waals surface area contributed by atoms with Gasteiger partial charge in [0.15, 0.2) is 0 Å². The van der Waals surface area contributed by atoms with Crippen molar-refractivity contribution >= 4 is 23.5 Å². The Morgan fingerprint density at radius 1 is 1.22 bits per heavy atom. The Kier molecular flexibility index (Phi) is 4.09. The van der Waals surface area contributed by atoms with Gasteiger partial charge in [-0.05, 0) is 43.0 Å². The van der Waals surface area contributed by atoms with Gasteiger partial charge < -0.3 is 5.32 Å². The molecule has 0 radical (unpaired) electrons. The van der Waals surface area contributed by atoms with E-state index in [4.69, 9.17) is 0 Å². The summed E-state index contributed by atoms with van der Waals surface area (Å²) in [4.78, 5) is 30.4. The summed E-state index contributed by atoms with van der Waals surface area (Å²) in [5.74, 6) is 0.266. The van der Waals surface area contributed by atoms with Crippen molar-refractivity contribution in [3.63, 3.8) is 0 Å². The second-order valence-electron chi connectivity index (χ2n) is 5.17. The van der Waals surface area contributed by atoms with Gasteiger partial charge in [-0.3, -0.25) is 14.9 Å². The van der Waals surface area contributed by atoms with Gasteiger partial charge in [-0.2, -0.15) is 0 Å². The van der Waals surface area contributed by atoms with Gasteiger partial charge in [0, 0.05) is 29.5 Å². The number of rotatable bonds is 4. The number of fused-ring (bicyclic) bond motifs is 1. The van der Waals surface area contributed by atoms with E-state index in [-0.39, 0.29) is 11.6 Å². The van der Waals surface area contributed by atoms with Gasteiger partial charge in [-0.1, -0.05) is 0 Å². The number of aromatic nitrogens is 2. The molecule has 1 aromatic heterocycles. The van der Waals surface area contributed by atoms with E-state index in [2.05, 4.69) is 15.3 Å². The lowest BCUT2D eigenvalue weighted by Gasteiger charge is -2.06. The monoisotopic (exact) mass is 310 g/mol. The Hall–Kier alpha value is -3.09. The zero-order chi connectivity index (χ0) is 16.2. The number of hydrogen-bond acceptors (Lipinski definition) is 5. The average molecular weight is 310 g/mol. The van der Waals surface area contributed by atoms with Gasteiger partial charge >= 0.3 is 0 Å². The molecule has 0 unspecified atom stereocenters. The third kappa shape index (κ3) is 3.39. The van der Waals surface area contributed by atoms with E-state index >= 15 is 0 Å².